The molecule has 0 bridgehead atoms. The Bertz CT molecular complexity index is 49.7. The molecule has 1 rings (SSSR count). The van der Waals surface area contributed by atoms with E-state index in [2.05, 4.69) is 0 Å². The molecule has 1 fully saturated rings. The second kappa shape index (κ2) is 2.24. The van der Waals surface area contributed by atoms with Crippen molar-refractivity contribution in [3.8, 4) is 0 Å². The molecule has 0 aromatic rings. The van der Waals surface area contributed by atoms with E-state index in [0.717, 1.165) is 12.8 Å². The van der Waals surface area contributed by atoms with Gasteiger partial charge in [-0.05, 0) is 19.8 Å². The minimum atomic E-state index is -0.250. The van der Waals surface area contributed by atoms with Crippen molar-refractivity contribution in [2.45, 2.75) is 25.4 Å². The van der Waals surface area contributed by atoms with Crippen LogP contribution in [-0.2, 0) is 0 Å². The van der Waals surface area contributed by atoms with E-state index in [-0.39, 0.29) is 58.4 Å². The van der Waals surface area contributed by atoms with E-state index in [4.69, 9.17) is 5.11 Å². The van der Waals surface area contributed by atoms with Gasteiger partial charge in [-0.3, -0.25) is 0 Å². The molecule has 0 amide bonds. The van der Waals surface area contributed by atoms with Gasteiger partial charge in [0, 0.05) is 0 Å². The molecule has 0 unspecified atom stereocenters. The van der Waals surface area contributed by atoms with Gasteiger partial charge >= 0.3 is 51.4 Å². The molecule has 0 spiro atoms. The summed E-state index contributed by atoms with van der Waals surface area (Å²) in [5, 5.41) is 8.63. The number of hydrogen-bond donors (Lipinski definition) is 1. The SMILES string of the molecule is CC1(O)CC1.[H-].[K+]. The van der Waals surface area contributed by atoms with Crippen LogP contribution in [0.25, 0.3) is 0 Å². The van der Waals surface area contributed by atoms with Gasteiger partial charge in [-0.1, -0.05) is 0 Å². The van der Waals surface area contributed by atoms with Crippen LogP contribution in [-0.4, -0.2) is 10.7 Å². The minimum Gasteiger partial charge on any atom is -1.00 e. The van der Waals surface area contributed by atoms with E-state index in [1.54, 1.807) is 0 Å². The Balaban J connectivity index is 0. The first-order valence-electron chi connectivity index (χ1n) is 1.93. The molecule has 0 heterocycles. The quantitative estimate of drug-likeness (QED) is 0.348. The molecule has 32 valence electrons. The van der Waals surface area contributed by atoms with Crippen LogP contribution in [0.15, 0.2) is 0 Å². The van der Waals surface area contributed by atoms with Crippen molar-refractivity contribution < 1.29 is 57.9 Å². The first-order chi connectivity index (χ1) is 2.21. The standard InChI is InChI=1S/C4H8O.K.H/c1-4(5)2-3-4;;/h5H,2-3H2,1H3;;/q;+1;-1. The van der Waals surface area contributed by atoms with Gasteiger partial charge in [-0.15, -0.1) is 0 Å². The Morgan fingerprint density at radius 1 is 1.67 bits per heavy atom. The maximum absolute atomic E-state index is 8.63. The van der Waals surface area contributed by atoms with Crippen molar-refractivity contribution in [2.24, 2.45) is 0 Å². The molecular weight excluding hydrogens is 103 g/mol. The molecule has 0 atom stereocenters. The van der Waals surface area contributed by atoms with Crippen LogP contribution >= 0.6 is 0 Å². The molecular formula is C4H9KO. The molecule has 0 saturated heterocycles. The van der Waals surface area contributed by atoms with E-state index >= 15 is 0 Å². The average Bonchev–Trinajstić information content (AvgIpc) is 1.76. The molecule has 0 radical (unpaired) electrons. The van der Waals surface area contributed by atoms with E-state index in [1.807, 2.05) is 6.92 Å². The van der Waals surface area contributed by atoms with Crippen LogP contribution in [0.3, 0.4) is 0 Å². The fraction of sp³-hybridized carbons (Fsp3) is 1.00. The summed E-state index contributed by atoms with van der Waals surface area (Å²) in [7, 11) is 0. The number of rotatable bonds is 0. The fourth-order valence-corrected chi connectivity index (χ4v) is 0.181. The smallest absolute Gasteiger partial charge is 1.00 e. The fourth-order valence-electron chi connectivity index (χ4n) is 0.181. The Morgan fingerprint density at radius 3 is 1.83 bits per heavy atom. The topological polar surface area (TPSA) is 20.2 Å². The van der Waals surface area contributed by atoms with Gasteiger partial charge in [0.1, 0.15) is 0 Å². The van der Waals surface area contributed by atoms with Crippen molar-refractivity contribution in [2.75, 3.05) is 0 Å². The third-order valence-corrected chi connectivity index (χ3v) is 0.974. The van der Waals surface area contributed by atoms with Gasteiger partial charge in [0.15, 0.2) is 0 Å². The summed E-state index contributed by atoms with van der Waals surface area (Å²) >= 11 is 0. The summed E-state index contributed by atoms with van der Waals surface area (Å²) in [6.45, 7) is 1.85. The molecule has 1 nitrogen and oxygen atoms in total. The van der Waals surface area contributed by atoms with E-state index in [9.17, 15) is 0 Å². The van der Waals surface area contributed by atoms with Crippen LogP contribution < -0.4 is 51.4 Å². The Hall–Kier alpha value is 1.60. The molecule has 0 aromatic carbocycles. The van der Waals surface area contributed by atoms with Crippen molar-refractivity contribution >= 4 is 0 Å². The van der Waals surface area contributed by atoms with E-state index < -0.39 is 0 Å². The summed E-state index contributed by atoms with van der Waals surface area (Å²) in [5.74, 6) is 0. The molecule has 6 heavy (non-hydrogen) atoms. The number of hydrogen-bond acceptors (Lipinski definition) is 1. The summed E-state index contributed by atoms with van der Waals surface area (Å²) in [6.07, 6.45) is 2.01. The van der Waals surface area contributed by atoms with Crippen molar-refractivity contribution in [1.29, 1.82) is 0 Å². The Morgan fingerprint density at radius 2 is 1.83 bits per heavy atom. The summed E-state index contributed by atoms with van der Waals surface area (Å²) in [5.41, 5.74) is -0.250. The first-order valence-corrected chi connectivity index (χ1v) is 1.93. The molecule has 1 saturated carbocycles. The zero-order chi connectivity index (χ0) is 3.91. The normalized spacial score (nSPS) is 25.0. The summed E-state index contributed by atoms with van der Waals surface area (Å²) in [4.78, 5) is 0. The van der Waals surface area contributed by atoms with Gasteiger partial charge in [0.2, 0.25) is 0 Å². The second-order valence-electron chi connectivity index (χ2n) is 2.00. The second-order valence-corrected chi connectivity index (χ2v) is 2.00. The molecule has 0 aromatic heterocycles. The number of aliphatic hydroxyl groups is 1. The predicted octanol–water partition coefficient (Wildman–Crippen LogP) is -2.35. The van der Waals surface area contributed by atoms with E-state index in [1.165, 1.54) is 0 Å². The average molecular weight is 112 g/mol. The van der Waals surface area contributed by atoms with Crippen LogP contribution in [0.5, 0.6) is 0 Å². The minimum absolute atomic E-state index is 0. The zero-order valence-electron chi connectivity index (χ0n) is 5.36. The third kappa shape index (κ3) is 2.72. The van der Waals surface area contributed by atoms with Crippen molar-refractivity contribution in [3.05, 3.63) is 0 Å². The Kier molecular flexibility index (Phi) is 2.84. The van der Waals surface area contributed by atoms with Crippen molar-refractivity contribution in [3.63, 3.8) is 0 Å². The molecule has 1 aliphatic carbocycles. The maximum atomic E-state index is 8.63. The van der Waals surface area contributed by atoms with Crippen LogP contribution in [0, 0.1) is 0 Å². The van der Waals surface area contributed by atoms with Crippen LogP contribution in [0.4, 0.5) is 0 Å². The molecule has 0 aliphatic heterocycles. The van der Waals surface area contributed by atoms with Gasteiger partial charge in [-0.25, -0.2) is 0 Å². The summed E-state index contributed by atoms with van der Waals surface area (Å²) in [6, 6.07) is 0. The molecule has 1 N–H and O–H groups in total. The molecule has 1 aliphatic rings. The first kappa shape index (κ1) is 7.60. The predicted molar refractivity (Wildman–Crippen MR) is 21.0 cm³/mol. The Labute approximate surface area is 82.0 Å². The van der Waals surface area contributed by atoms with Gasteiger partial charge < -0.3 is 6.53 Å². The van der Waals surface area contributed by atoms with E-state index in [0.29, 0.717) is 0 Å². The van der Waals surface area contributed by atoms with Crippen molar-refractivity contribution in [1.82, 2.24) is 0 Å². The summed E-state index contributed by atoms with van der Waals surface area (Å²) < 4.78 is 0. The third-order valence-electron chi connectivity index (χ3n) is 0.974. The van der Waals surface area contributed by atoms with Gasteiger partial charge in [0.25, 0.3) is 0 Å². The van der Waals surface area contributed by atoms with Crippen LogP contribution in [0.2, 0.25) is 0 Å². The zero-order valence-corrected chi connectivity index (χ0v) is 7.48. The van der Waals surface area contributed by atoms with Gasteiger partial charge in [-0.2, -0.15) is 0 Å². The monoisotopic (exact) mass is 112 g/mol. The largest absolute Gasteiger partial charge is 1.00 e. The van der Waals surface area contributed by atoms with Crippen LogP contribution in [0.1, 0.15) is 21.2 Å². The maximum Gasteiger partial charge on any atom is 1.00 e. The molecule has 2 heteroatoms. The van der Waals surface area contributed by atoms with Gasteiger partial charge in [0.05, 0.1) is 5.60 Å².